The van der Waals surface area contributed by atoms with Crippen LogP contribution in [0, 0.1) is 0 Å². The Morgan fingerprint density at radius 2 is 2.19 bits per heavy atom. The van der Waals surface area contributed by atoms with Gasteiger partial charge in [0, 0.05) is 27.0 Å². The number of thiophene rings is 1. The van der Waals surface area contributed by atoms with E-state index in [9.17, 15) is 0 Å². The maximum Gasteiger partial charge on any atom is 0.101 e. The molecule has 0 bridgehead atoms. The van der Waals surface area contributed by atoms with Crippen molar-refractivity contribution in [3.05, 3.63) is 37.7 Å². The van der Waals surface area contributed by atoms with E-state index in [1.54, 1.807) is 17.5 Å². The molecule has 0 fully saturated rings. The van der Waals surface area contributed by atoms with E-state index in [1.165, 1.54) is 4.88 Å². The molecule has 0 aromatic carbocycles. The van der Waals surface area contributed by atoms with Gasteiger partial charge in [0.2, 0.25) is 0 Å². The molecule has 0 aliphatic carbocycles. The largest absolute Gasteiger partial charge is 0.326 e. The standard InChI is InChI=1S/C10H11Br2N3S/c1-6(13)10(9-2-7(11)5-16-9)15-4-8(12)3-14-15/h2-6,10H,13H2,1H3. The predicted molar refractivity (Wildman–Crippen MR) is 73.7 cm³/mol. The Kier molecular flexibility index (Phi) is 3.84. The fraction of sp³-hybridized carbons (Fsp3) is 0.300. The third-order valence-electron chi connectivity index (χ3n) is 2.23. The first-order valence-corrected chi connectivity index (χ1v) is 7.23. The molecule has 2 aromatic rings. The van der Waals surface area contributed by atoms with Gasteiger partial charge in [-0.15, -0.1) is 11.3 Å². The molecule has 2 atom stereocenters. The number of nitrogens with zero attached hydrogens (tertiary/aromatic N) is 2. The highest BCUT2D eigenvalue weighted by molar-refractivity contribution is 9.10. The summed E-state index contributed by atoms with van der Waals surface area (Å²) in [6.07, 6.45) is 3.72. The maximum absolute atomic E-state index is 6.03. The third kappa shape index (κ3) is 2.56. The smallest absolute Gasteiger partial charge is 0.101 e. The Labute approximate surface area is 115 Å². The van der Waals surface area contributed by atoms with E-state index < -0.39 is 0 Å². The summed E-state index contributed by atoms with van der Waals surface area (Å²) in [5, 5.41) is 6.36. The van der Waals surface area contributed by atoms with E-state index >= 15 is 0 Å². The molecule has 6 heteroatoms. The zero-order valence-corrected chi connectivity index (χ0v) is 12.6. The number of rotatable bonds is 3. The van der Waals surface area contributed by atoms with E-state index in [1.807, 2.05) is 17.8 Å². The first kappa shape index (κ1) is 12.3. The molecule has 3 nitrogen and oxygen atoms in total. The first-order chi connectivity index (χ1) is 7.58. The van der Waals surface area contributed by atoms with Gasteiger partial charge in [-0.05, 0) is 44.8 Å². The summed E-state index contributed by atoms with van der Waals surface area (Å²) in [4.78, 5) is 1.21. The van der Waals surface area contributed by atoms with Crippen LogP contribution in [0.1, 0.15) is 17.8 Å². The Balaban J connectivity index is 2.38. The fourth-order valence-corrected chi connectivity index (χ4v) is 3.53. The van der Waals surface area contributed by atoms with Crippen molar-refractivity contribution in [3.8, 4) is 0 Å². The van der Waals surface area contributed by atoms with Gasteiger partial charge >= 0.3 is 0 Å². The number of halogens is 2. The lowest BCUT2D eigenvalue weighted by molar-refractivity contribution is 0.460. The van der Waals surface area contributed by atoms with Crippen molar-refractivity contribution in [2.45, 2.75) is 19.0 Å². The molecule has 0 radical (unpaired) electrons. The van der Waals surface area contributed by atoms with Crippen LogP contribution in [0.2, 0.25) is 0 Å². The highest BCUT2D eigenvalue weighted by atomic mass is 79.9. The second kappa shape index (κ2) is 5.00. The molecule has 16 heavy (non-hydrogen) atoms. The minimum absolute atomic E-state index is 0.0114. The predicted octanol–water partition coefficient (Wildman–Crippen LogP) is 3.41. The van der Waals surface area contributed by atoms with Crippen LogP contribution < -0.4 is 5.73 Å². The third-order valence-corrected chi connectivity index (χ3v) is 4.41. The Morgan fingerprint density at radius 3 is 2.62 bits per heavy atom. The quantitative estimate of drug-likeness (QED) is 0.906. The monoisotopic (exact) mass is 363 g/mol. The molecule has 0 saturated carbocycles. The van der Waals surface area contributed by atoms with E-state index in [0.29, 0.717) is 0 Å². The molecule has 2 N–H and O–H groups in total. The minimum Gasteiger partial charge on any atom is -0.326 e. The molecular weight excluding hydrogens is 354 g/mol. The number of hydrogen-bond donors (Lipinski definition) is 1. The van der Waals surface area contributed by atoms with Crippen LogP contribution in [0.3, 0.4) is 0 Å². The molecule has 0 aliphatic heterocycles. The van der Waals surface area contributed by atoms with Gasteiger partial charge in [-0.1, -0.05) is 0 Å². The molecule has 86 valence electrons. The average Bonchev–Trinajstić information content (AvgIpc) is 2.76. The van der Waals surface area contributed by atoms with E-state index in [4.69, 9.17) is 5.73 Å². The fourth-order valence-electron chi connectivity index (χ4n) is 1.58. The molecule has 2 unspecified atom stereocenters. The summed E-state index contributed by atoms with van der Waals surface area (Å²) in [5.41, 5.74) is 6.03. The van der Waals surface area contributed by atoms with Crippen LogP contribution in [0.4, 0.5) is 0 Å². The highest BCUT2D eigenvalue weighted by Crippen LogP contribution is 2.30. The zero-order chi connectivity index (χ0) is 11.7. The normalized spacial score (nSPS) is 15.0. The van der Waals surface area contributed by atoms with Crippen molar-refractivity contribution in [2.75, 3.05) is 0 Å². The molecule has 0 spiro atoms. The molecule has 2 rings (SSSR count). The van der Waals surface area contributed by atoms with Gasteiger partial charge in [0.05, 0.1) is 10.7 Å². The van der Waals surface area contributed by atoms with Crippen LogP contribution in [-0.2, 0) is 0 Å². The highest BCUT2D eigenvalue weighted by Gasteiger charge is 2.20. The second-order valence-corrected chi connectivity index (χ2v) is 6.38. The van der Waals surface area contributed by atoms with Gasteiger partial charge in [0.15, 0.2) is 0 Å². The molecule has 0 amide bonds. The Bertz CT molecular complexity index is 438. The van der Waals surface area contributed by atoms with Crippen LogP contribution in [-0.4, -0.2) is 15.8 Å². The van der Waals surface area contributed by atoms with Crippen LogP contribution in [0.15, 0.2) is 32.8 Å². The van der Waals surface area contributed by atoms with Crippen LogP contribution in [0.5, 0.6) is 0 Å². The summed E-state index contributed by atoms with van der Waals surface area (Å²) in [6.45, 7) is 1.99. The summed E-state index contributed by atoms with van der Waals surface area (Å²) >= 11 is 8.54. The van der Waals surface area contributed by atoms with E-state index in [2.05, 4.69) is 48.4 Å². The molecule has 0 saturated heterocycles. The maximum atomic E-state index is 6.03. The van der Waals surface area contributed by atoms with E-state index in [0.717, 1.165) is 8.95 Å². The zero-order valence-electron chi connectivity index (χ0n) is 8.60. The van der Waals surface area contributed by atoms with Crippen molar-refractivity contribution >= 4 is 43.2 Å². The topological polar surface area (TPSA) is 43.8 Å². The minimum atomic E-state index is 0.0114. The van der Waals surface area contributed by atoms with Gasteiger partial charge in [-0.3, -0.25) is 4.68 Å². The van der Waals surface area contributed by atoms with E-state index in [-0.39, 0.29) is 12.1 Å². The first-order valence-electron chi connectivity index (χ1n) is 4.77. The lowest BCUT2D eigenvalue weighted by Crippen LogP contribution is -2.29. The van der Waals surface area contributed by atoms with Crippen molar-refractivity contribution in [2.24, 2.45) is 5.73 Å². The van der Waals surface area contributed by atoms with Crippen molar-refractivity contribution in [3.63, 3.8) is 0 Å². The second-order valence-electron chi connectivity index (χ2n) is 3.61. The molecule has 0 aliphatic rings. The van der Waals surface area contributed by atoms with Gasteiger partial charge in [0.25, 0.3) is 0 Å². The summed E-state index contributed by atoms with van der Waals surface area (Å²) in [5.74, 6) is 0. The van der Waals surface area contributed by atoms with Gasteiger partial charge in [-0.2, -0.15) is 5.10 Å². The van der Waals surface area contributed by atoms with Crippen LogP contribution >= 0.6 is 43.2 Å². The van der Waals surface area contributed by atoms with Gasteiger partial charge in [0.1, 0.15) is 6.04 Å². The van der Waals surface area contributed by atoms with Crippen LogP contribution in [0.25, 0.3) is 0 Å². The summed E-state index contributed by atoms with van der Waals surface area (Å²) < 4.78 is 3.95. The molecular formula is C10H11Br2N3S. The SMILES string of the molecule is CC(N)C(c1cc(Br)cs1)n1cc(Br)cn1. The number of nitrogens with two attached hydrogens (primary N) is 1. The Morgan fingerprint density at radius 1 is 1.44 bits per heavy atom. The van der Waals surface area contributed by atoms with Gasteiger partial charge < -0.3 is 5.73 Å². The Hall–Kier alpha value is -0.170. The van der Waals surface area contributed by atoms with Crippen molar-refractivity contribution < 1.29 is 0 Å². The summed E-state index contributed by atoms with van der Waals surface area (Å²) in [7, 11) is 0. The van der Waals surface area contributed by atoms with Gasteiger partial charge in [-0.25, -0.2) is 0 Å². The van der Waals surface area contributed by atoms with Crippen molar-refractivity contribution in [1.29, 1.82) is 0 Å². The number of aromatic nitrogens is 2. The van der Waals surface area contributed by atoms with Crippen molar-refractivity contribution in [1.82, 2.24) is 9.78 Å². The molecule has 2 aromatic heterocycles. The molecule has 2 heterocycles. The summed E-state index contributed by atoms with van der Waals surface area (Å²) in [6, 6.07) is 2.19. The lowest BCUT2D eigenvalue weighted by atomic mass is 10.1. The lowest BCUT2D eigenvalue weighted by Gasteiger charge is -2.19. The number of hydrogen-bond acceptors (Lipinski definition) is 3. The average molecular weight is 365 g/mol.